The van der Waals surface area contributed by atoms with Crippen LogP contribution in [0.25, 0.3) is 17.3 Å². The van der Waals surface area contributed by atoms with Crippen molar-refractivity contribution in [1.82, 2.24) is 9.78 Å². The van der Waals surface area contributed by atoms with Crippen molar-refractivity contribution in [1.29, 1.82) is 0 Å². The first-order chi connectivity index (χ1) is 21.3. The molecule has 0 spiro atoms. The lowest BCUT2D eigenvalue weighted by Gasteiger charge is -2.63. The molecule has 2 unspecified atom stereocenters. The third-order valence-corrected chi connectivity index (χ3v) is 13.2. The molecular weight excluding hydrogens is 590 g/mol. The molecule has 7 nitrogen and oxygen atoms in total. The average Bonchev–Trinajstić information content (AvgIpc) is 3.73. The second-order valence-corrected chi connectivity index (χ2v) is 16.4. The molecule has 2 heterocycles. The van der Waals surface area contributed by atoms with Crippen molar-refractivity contribution in [2.75, 3.05) is 6.61 Å². The summed E-state index contributed by atoms with van der Waals surface area (Å²) in [6.07, 6.45) is 8.83. The minimum Gasteiger partial charge on any atom is -0.390 e. The number of ether oxygens (including phenoxy) is 2. The largest absolute Gasteiger partial charge is 0.390 e. The van der Waals surface area contributed by atoms with Gasteiger partial charge < -0.3 is 19.7 Å². The molecule has 0 radical (unpaired) electrons. The first-order valence-corrected chi connectivity index (χ1v) is 17.2. The van der Waals surface area contributed by atoms with Crippen LogP contribution in [0.4, 0.5) is 4.39 Å². The molecule has 1 aliphatic heterocycles. The van der Waals surface area contributed by atoms with Crippen molar-refractivity contribution in [2.45, 2.75) is 108 Å². The fourth-order valence-electron chi connectivity index (χ4n) is 10.7. The van der Waals surface area contributed by atoms with Crippen LogP contribution < -0.4 is 0 Å². The Labute approximate surface area is 266 Å². The van der Waals surface area contributed by atoms with E-state index in [0.717, 1.165) is 35.4 Å². The standard InChI is InChI=1S/C36H44FN2O5P/c1-32(2)43-31-15-27-26-12-8-23-14-28-22(18-39(38-28)24-9-5-20(6-10-24)21-7-11-25(45)13-21)16-33(23,3)35(26,37)29(41)17-34(27,4)36(31,44-32)30(42)19-40/h5-7,9-10,14,18,25-27,29,31,40-41H,8,11-13,15-17,19,45H2,1-4H3/t25?,26-,27-,29-,31+,33-,34-,35-,36+/m0/s1. The van der Waals surface area contributed by atoms with E-state index in [2.05, 4.69) is 45.7 Å². The van der Waals surface area contributed by atoms with E-state index in [1.54, 1.807) is 13.8 Å². The van der Waals surface area contributed by atoms with Crippen LogP contribution in [0.3, 0.4) is 0 Å². The molecule has 6 aliphatic rings. The van der Waals surface area contributed by atoms with Gasteiger partial charge in [0.1, 0.15) is 12.3 Å². The Kier molecular flexibility index (Phi) is 6.47. The molecule has 0 amide bonds. The van der Waals surface area contributed by atoms with Gasteiger partial charge in [-0.25, -0.2) is 9.07 Å². The Morgan fingerprint density at radius 3 is 2.62 bits per heavy atom. The van der Waals surface area contributed by atoms with Crippen LogP contribution in [0.2, 0.25) is 0 Å². The molecule has 1 aromatic carbocycles. The number of ketones is 1. The summed E-state index contributed by atoms with van der Waals surface area (Å²) < 4.78 is 32.8. The number of aromatic nitrogens is 2. The molecule has 1 aromatic heterocycles. The number of Topliss-reactive ketones (excluding diaryl/α,β-unsaturated/α-hetero) is 1. The molecule has 9 heteroatoms. The van der Waals surface area contributed by atoms with Crippen molar-refractivity contribution in [3.8, 4) is 5.69 Å². The number of allylic oxidation sites excluding steroid dienone is 3. The maximum absolute atomic E-state index is 18.2. The van der Waals surface area contributed by atoms with E-state index in [-0.39, 0.29) is 12.3 Å². The Balaban J connectivity index is 1.12. The van der Waals surface area contributed by atoms with Crippen molar-refractivity contribution in [2.24, 2.45) is 22.7 Å². The summed E-state index contributed by atoms with van der Waals surface area (Å²) in [5.41, 5.74) is 1.86. The van der Waals surface area contributed by atoms with Crippen LogP contribution in [0.5, 0.6) is 0 Å². The molecule has 8 rings (SSSR count). The number of rotatable bonds is 4. The van der Waals surface area contributed by atoms with Gasteiger partial charge in [-0.2, -0.15) is 5.10 Å². The summed E-state index contributed by atoms with van der Waals surface area (Å²) in [6.45, 7) is 6.78. The SMILES string of the molecule is CC1(C)O[C@@H]2C[C@H]3[C@@H]4CCC5=Cc6nn(-c7ccc(C8=CCC(P)C8)cc7)cc6C[C@]5(C)[C@@]4(F)[C@@H](O)C[C@]3(C)[C@]2(C(=O)CO)O1. The highest BCUT2D eigenvalue weighted by Gasteiger charge is 2.80. The van der Waals surface area contributed by atoms with Gasteiger partial charge in [0.05, 0.1) is 23.6 Å². The molecule has 45 heavy (non-hydrogen) atoms. The number of hydrogen-bond donors (Lipinski definition) is 2. The van der Waals surface area contributed by atoms with E-state index in [9.17, 15) is 15.0 Å². The maximum atomic E-state index is 18.2. The Hall–Kier alpha value is -2.22. The lowest BCUT2D eigenvalue weighted by Crippen LogP contribution is -2.70. The third-order valence-electron chi connectivity index (χ3n) is 12.7. The zero-order valence-electron chi connectivity index (χ0n) is 26.6. The van der Waals surface area contributed by atoms with Crippen LogP contribution >= 0.6 is 9.24 Å². The zero-order valence-corrected chi connectivity index (χ0v) is 27.7. The minimum absolute atomic E-state index is 0.0571. The number of fused-ring (bicyclic) bond motifs is 8. The summed E-state index contributed by atoms with van der Waals surface area (Å²) in [6, 6.07) is 8.49. The van der Waals surface area contributed by atoms with Crippen molar-refractivity contribution in [3.05, 3.63) is 58.9 Å². The van der Waals surface area contributed by atoms with Gasteiger partial charge in [0.2, 0.25) is 0 Å². The second-order valence-electron chi connectivity index (χ2n) is 15.5. The summed E-state index contributed by atoms with van der Waals surface area (Å²) in [5.74, 6) is -2.20. The van der Waals surface area contributed by atoms with E-state index in [4.69, 9.17) is 14.6 Å². The third kappa shape index (κ3) is 3.87. The first-order valence-electron chi connectivity index (χ1n) is 16.5. The van der Waals surface area contributed by atoms with Gasteiger partial charge >= 0.3 is 0 Å². The number of carbonyl (C=O) groups is 1. The van der Waals surface area contributed by atoms with E-state index >= 15 is 4.39 Å². The van der Waals surface area contributed by atoms with Gasteiger partial charge in [-0.05, 0) is 105 Å². The number of aliphatic hydroxyl groups is 2. The average molecular weight is 635 g/mol. The Bertz CT molecular complexity index is 1650. The fraction of sp³-hybridized carbons (Fsp3) is 0.611. The highest BCUT2D eigenvalue weighted by molar-refractivity contribution is 7.17. The van der Waals surface area contributed by atoms with Gasteiger partial charge in [0, 0.05) is 22.9 Å². The molecule has 5 aliphatic carbocycles. The quantitative estimate of drug-likeness (QED) is 0.426. The molecule has 4 fully saturated rings. The van der Waals surface area contributed by atoms with Crippen LogP contribution in [-0.2, 0) is 20.7 Å². The first kappa shape index (κ1) is 30.1. The molecule has 240 valence electrons. The summed E-state index contributed by atoms with van der Waals surface area (Å²) in [7, 11) is 2.92. The number of alkyl halides is 1. The summed E-state index contributed by atoms with van der Waals surface area (Å²) in [5, 5.41) is 27.0. The highest BCUT2D eigenvalue weighted by atomic mass is 31.0. The summed E-state index contributed by atoms with van der Waals surface area (Å²) >= 11 is 0. The molecule has 1 saturated heterocycles. The Morgan fingerprint density at radius 1 is 1.18 bits per heavy atom. The maximum Gasteiger partial charge on any atom is 0.193 e. The van der Waals surface area contributed by atoms with Gasteiger partial charge in [0.25, 0.3) is 0 Å². The molecule has 0 bridgehead atoms. The van der Waals surface area contributed by atoms with Gasteiger partial charge in [-0.15, -0.1) is 9.24 Å². The topological polar surface area (TPSA) is 93.8 Å². The lowest BCUT2D eigenvalue weighted by atomic mass is 9.43. The van der Waals surface area contributed by atoms with Crippen LogP contribution in [0, 0.1) is 22.7 Å². The van der Waals surface area contributed by atoms with Gasteiger partial charge in [0.15, 0.2) is 17.2 Å². The van der Waals surface area contributed by atoms with E-state index in [1.807, 2.05) is 24.7 Å². The Morgan fingerprint density at radius 2 is 1.93 bits per heavy atom. The molecular formula is C36H44FN2O5P. The van der Waals surface area contributed by atoms with Crippen LogP contribution in [0.1, 0.15) is 83.0 Å². The van der Waals surface area contributed by atoms with Crippen molar-refractivity contribution < 1.29 is 28.9 Å². The predicted molar refractivity (Wildman–Crippen MR) is 172 cm³/mol. The monoisotopic (exact) mass is 634 g/mol. The van der Waals surface area contributed by atoms with E-state index in [1.165, 1.54) is 11.1 Å². The number of carbonyl (C=O) groups excluding carboxylic acids is 1. The van der Waals surface area contributed by atoms with E-state index < -0.39 is 58.4 Å². The van der Waals surface area contributed by atoms with Gasteiger partial charge in [-0.1, -0.05) is 37.6 Å². The van der Waals surface area contributed by atoms with Crippen LogP contribution in [0.15, 0.2) is 42.1 Å². The van der Waals surface area contributed by atoms with Crippen molar-refractivity contribution in [3.63, 3.8) is 0 Å². The normalized spacial score (nSPS) is 42.6. The lowest BCUT2D eigenvalue weighted by molar-refractivity contribution is -0.250. The highest BCUT2D eigenvalue weighted by Crippen LogP contribution is 2.72. The number of halogens is 1. The smallest absolute Gasteiger partial charge is 0.193 e. The molecule has 10 atom stereocenters. The predicted octanol–water partition coefficient (Wildman–Crippen LogP) is 5.60. The number of aliphatic hydroxyl groups excluding tert-OH is 2. The van der Waals surface area contributed by atoms with Gasteiger partial charge in [-0.3, -0.25) is 4.79 Å². The van der Waals surface area contributed by atoms with E-state index in [0.29, 0.717) is 31.3 Å². The minimum atomic E-state index is -1.91. The number of nitrogens with zero attached hydrogens (tertiary/aromatic N) is 2. The second kappa shape index (κ2) is 9.67. The molecule has 3 saturated carbocycles. The number of hydrogen-bond acceptors (Lipinski definition) is 6. The zero-order chi connectivity index (χ0) is 31.7. The molecule has 2 N–H and O–H groups in total. The summed E-state index contributed by atoms with van der Waals surface area (Å²) in [4.78, 5) is 13.5. The van der Waals surface area contributed by atoms with Crippen LogP contribution in [-0.4, -0.2) is 67.3 Å². The number of benzene rings is 1. The fourth-order valence-corrected chi connectivity index (χ4v) is 11.1. The van der Waals surface area contributed by atoms with Crippen molar-refractivity contribution >= 4 is 26.7 Å². The molecule has 2 aromatic rings.